The second-order valence-electron chi connectivity index (χ2n) is 3.47. The third kappa shape index (κ3) is 2.28. The summed E-state index contributed by atoms with van der Waals surface area (Å²) in [5.41, 5.74) is 4.87. The van der Waals surface area contributed by atoms with E-state index in [2.05, 4.69) is 4.98 Å². The lowest BCUT2D eigenvalue weighted by Crippen LogP contribution is -2.38. The van der Waals surface area contributed by atoms with Crippen LogP contribution in [0, 0.1) is 0 Å². The van der Waals surface area contributed by atoms with Crippen LogP contribution in [0.2, 0.25) is 0 Å². The van der Waals surface area contributed by atoms with Crippen molar-refractivity contribution in [3.63, 3.8) is 0 Å². The largest absolute Gasteiger partial charge is 0.375 e. The first-order chi connectivity index (χ1) is 8.11. The molecule has 0 amide bonds. The molecule has 2 rings (SSSR count). The summed E-state index contributed by atoms with van der Waals surface area (Å²) >= 11 is 1.27. The van der Waals surface area contributed by atoms with Crippen LogP contribution in [-0.4, -0.2) is 14.1 Å². The molecule has 7 heteroatoms. The third-order valence-corrected chi connectivity index (χ3v) is 3.18. The van der Waals surface area contributed by atoms with Crippen LogP contribution in [-0.2, 0) is 13.1 Å². The van der Waals surface area contributed by atoms with E-state index in [4.69, 9.17) is 5.73 Å². The van der Waals surface area contributed by atoms with Crippen molar-refractivity contribution in [2.45, 2.75) is 20.0 Å². The Hall–Kier alpha value is -1.89. The van der Waals surface area contributed by atoms with Crippen LogP contribution in [0.3, 0.4) is 0 Å². The Balaban J connectivity index is 2.45. The van der Waals surface area contributed by atoms with E-state index in [0.29, 0.717) is 11.7 Å². The molecule has 0 aromatic carbocycles. The maximum atomic E-state index is 11.9. The highest BCUT2D eigenvalue weighted by molar-refractivity contribution is 7.15. The standard InChI is InChI=1S/C10H12N4O2S/c1-2-13-4-3-8(15)14(10(13)16)6-7-5-12-9(11)17-7/h3-5H,2,6H2,1H3,(H2,11,12). The molecule has 0 saturated heterocycles. The molecule has 0 spiro atoms. The van der Waals surface area contributed by atoms with Crippen molar-refractivity contribution in [1.29, 1.82) is 0 Å². The summed E-state index contributed by atoms with van der Waals surface area (Å²) in [5.74, 6) is 0. The van der Waals surface area contributed by atoms with Gasteiger partial charge >= 0.3 is 5.69 Å². The van der Waals surface area contributed by atoms with Gasteiger partial charge in [0.1, 0.15) is 0 Å². The lowest BCUT2D eigenvalue weighted by atomic mass is 10.5. The maximum Gasteiger partial charge on any atom is 0.331 e. The number of rotatable bonds is 3. The van der Waals surface area contributed by atoms with Crippen molar-refractivity contribution in [3.05, 3.63) is 44.2 Å². The molecule has 0 aliphatic heterocycles. The highest BCUT2D eigenvalue weighted by atomic mass is 32.1. The first-order valence-corrected chi connectivity index (χ1v) is 5.94. The zero-order valence-corrected chi connectivity index (χ0v) is 10.1. The van der Waals surface area contributed by atoms with Crippen LogP contribution in [0.1, 0.15) is 11.8 Å². The SMILES string of the molecule is CCn1ccc(=O)n(Cc2cnc(N)s2)c1=O. The van der Waals surface area contributed by atoms with Crippen LogP contribution in [0.5, 0.6) is 0 Å². The molecule has 0 bridgehead atoms. The van der Waals surface area contributed by atoms with Gasteiger partial charge in [-0.2, -0.15) is 0 Å². The molecule has 0 unspecified atom stereocenters. The normalized spacial score (nSPS) is 10.6. The van der Waals surface area contributed by atoms with Gasteiger partial charge in [0.15, 0.2) is 5.13 Å². The van der Waals surface area contributed by atoms with Crippen molar-refractivity contribution in [3.8, 4) is 0 Å². The summed E-state index contributed by atoms with van der Waals surface area (Å²) in [6, 6.07) is 1.38. The number of nitrogens with zero attached hydrogens (tertiary/aromatic N) is 3. The molecule has 2 heterocycles. The van der Waals surface area contributed by atoms with E-state index in [0.717, 1.165) is 4.88 Å². The molecule has 2 aromatic rings. The molecule has 2 N–H and O–H groups in total. The van der Waals surface area contributed by atoms with Gasteiger partial charge in [-0.1, -0.05) is 0 Å². The average Bonchev–Trinajstić information content (AvgIpc) is 2.70. The summed E-state index contributed by atoms with van der Waals surface area (Å²) in [6.07, 6.45) is 3.08. The number of hydrogen-bond acceptors (Lipinski definition) is 5. The van der Waals surface area contributed by atoms with Gasteiger partial charge in [-0.3, -0.25) is 9.36 Å². The number of aryl methyl sites for hydroxylation is 1. The molecule has 0 atom stereocenters. The molecule has 6 nitrogen and oxygen atoms in total. The molecule has 0 radical (unpaired) electrons. The molecule has 0 saturated carbocycles. The molecule has 0 aliphatic carbocycles. The van der Waals surface area contributed by atoms with Gasteiger partial charge in [0.25, 0.3) is 5.56 Å². The minimum absolute atomic E-state index is 0.216. The minimum atomic E-state index is -0.313. The predicted octanol–water partition coefficient (Wildman–Crippen LogP) is 0.117. The second-order valence-corrected chi connectivity index (χ2v) is 4.62. The van der Waals surface area contributed by atoms with Gasteiger partial charge in [0, 0.05) is 29.9 Å². The molecular formula is C10H12N4O2S. The number of nitrogen functional groups attached to an aromatic ring is 1. The van der Waals surface area contributed by atoms with E-state index in [1.54, 1.807) is 6.20 Å². The quantitative estimate of drug-likeness (QED) is 0.841. The first-order valence-electron chi connectivity index (χ1n) is 5.12. The molecule has 17 heavy (non-hydrogen) atoms. The van der Waals surface area contributed by atoms with Crippen molar-refractivity contribution in [2.24, 2.45) is 0 Å². The monoisotopic (exact) mass is 252 g/mol. The smallest absolute Gasteiger partial charge is 0.331 e. The zero-order valence-electron chi connectivity index (χ0n) is 9.29. The Morgan fingerprint density at radius 1 is 1.47 bits per heavy atom. The van der Waals surface area contributed by atoms with Crippen LogP contribution in [0.4, 0.5) is 5.13 Å². The Morgan fingerprint density at radius 3 is 2.82 bits per heavy atom. The third-order valence-electron chi connectivity index (χ3n) is 2.37. The number of anilines is 1. The highest BCUT2D eigenvalue weighted by Crippen LogP contribution is 2.14. The van der Waals surface area contributed by atoms with Gasteiger partial charge in [0.2, 0.25) is 0 Å². The summed E-state index contributed by atoms with van der Waals surface area (Å²) in [4.78, 5) is 28.2. The number of thiazole rings is 1. The fourth-order valence-corrected chi connectivity index (χ4v) is 2.17. The molecule has 0 aliphatic rings. The van der Waals surface area contributed by atoms with E-state index in [-0.39, 0.29) is 17.8 Å². The fourth-order valence-electron chi connectivity index (χ4n) is 1.49. The van der Waals surface area contributed by atoms with E-state index >= 15 is 0 Å². The number of hydrogen-bond donors (Lipinski definition) is 1. The van der Waals surface area contributed by atoms with E-state index < -0.39 is 0 Å². The first kappa shape index (κ1) is 11.6. The van der Waals surface area contributed by atoms with Crippen LogP contribution in [0.25, 0.3) is 0 Å². The van der Waals surface area contributed by atoms with Crippen molar-refractivity contribution in [2.75, 3.05) is 5.73 Å². The summed E-state index contributed by atoms with van der Waals surface area (Å²) < 4.78 is 2.66. The summed E-state index contributed by atoms with van der Waals surface area (Å²) in [5, 5.41) is 0.430. The van der Waals surface area contributed by atoms with Crippen LogP contribution < -0.4 is 17.0 Å². The topological polar surface area (TPSA) is 82.9 Å². The lowest BCUT2D eigenvalue weighted by Gasteiger charge is -2.06. The van der Waals surface area contributed by atoms with Crippen LogP contribution >= 0.6 is 11.3 Å². The fraction of sp³-hybridized carbons (Fsp3) is 0.300. The predicted molar refractivity (Wildman–Crippen MR) is 66.3 cm³/mol. The second kappa shape index (κ2) is 4.54. The van der Waals surface area contributed by atoms with Gasteiger partial charge < -0.3 is 10.3 Å². The van der Waals surface area contributed by atoms with Crippen molar-refractivity contribution in [1.82, 2.24) is 14.1 Å². The van der Waals surface area contributed by atoms with Crippen molar-refractivity contribution >= 4 is 16.5 Å². The minimum Gasteiger partial charge on any atom is -0.375 e. The van der Waals surface area contributed by atoms with E-state index in [1.165, 1.54) is 32.7 Å². The van der Waals surface area contributed by atoms with Crippen molar-refractivity contribution < 1.29 is 0 Å². The molecule has 90 valence electrons. The maximum absolute atomic E-state index is 11.9. The summed E-state index contributed by atoms with van der Waals surface area (Å²) in [7, 11) is 0. The Bertz CT molecular complexity index is 640. The Morgan fingerprint density at radius 2 is 2.24 bits per heavy atom. The van der Waals surface area contributed by atoms with Gasteiger partial charge in [-0.25, -0.2) is 9.78 Å². The van der Waals surface area contributed by atoms with E-state index in [1.807, 2.05) is 6.92 Å². The Kier molecular flexibility index (Phi) is 3.10. The molecule has 2 aromatic heterocycles. The highest BCUT2D eigenvalue weighted by Gasteiger charge is 2.06. The number of nitrogens with two attached hydrogens (primary N) is 1. The van der Waals surface area contributed by atoms with Gasteiger partial charge in [-0.15, -0.1) is 11.3 Å². The van der Waals surface area contributed by atoms with Gasteiger partial charge in [-0.05, 0) is 6.92 Å². The lowest BCUT2D eigenvalue weighted by molar-refractivity contribution is 0.602. The summed E-state index contributed by atoms with van der Waals surface area (Å²) in [6.45, 7) is 2.60. The van der Waals surface area contributed by atoms with E-state index in [9.17, 15) is 9.59 Å². The molecule has 0 fully saturated rings. The Labute approximate surface area is 101 Å². The number of aromatic nitrogens is 3. The average molecular weight is 252 g/mol. The van der Waals surface area contributed by atoms with Gasteiger partial charge in [0.05, 0.1) is 6.54 Å². The zero-order chi connectivity index (χ0) is 12.4. The molecular weight excluding hydrogens is 240 g/mol. The van der Waals surface area contributed by atoms with Crippen LogP contribution in [0.15, 0.2) is 28.0 Å².